The number of fused-ring (bicyclic) bond motifs is 1. The van der Waals surface area contributed by atoms with Crippen LogP contribution in [0.2, 0.25) is 0 Å². The second-order valence-corrected chi connectivity index (χ2v) is 6.63. The average Bonchev–Trinajstić information content (AvgIpc) is 3.41. The molecule has 8 nitrogen and oxygen atoms in total. The monoisotopic (exact) mass is 361 g/mol. The highest BCUT2D eigenvalue weighted by Gasteiger charge is 2.29. The highest BCUT2D eigenvalue weighted by Crippen LogP contribution is 2.38. The molecule has 1 fully saturated rings. The highest BCUT2D eigenvalue weighted by molar-refractivity contribution is 5.51. The summed E-state index contributed by atoms with van der Waals surface area (Å²) in [5, 5.41) is 4.01. The second-order valence-electron chi connectivity index (χ2n) is 6.63. The molecule has 0 atom stereocenters. The van der Waals surface area contributed by atoms with Crippen LogP contribution < -0.4 is 11.1 Å². The lowest BCUT2D eigenvalue weighted by molar-refractivity contribution is 0.422. The summed E-state index contributed by atoms with van der Waals surface area (Å²) in [7, 11) is 0. The van der Waals surface area contributed by atoms with Crippen molar-refractivity contribution in [2.24, 2.45) is 0 Å². The molecule has 0 unspecified atom stereocenters. The fourth-order valence-electron chi connectivity index (χ4n) is 3.00. The Morgan fingerprint density at radius 2 is 1.96 bits per heavy atom. The molecule has 1 aliphatic rings. The third-order valence-electron chi connectivity index (χ3n) is 4.57. The second kappa shape index (κ2) is 6.01. The van der Waals surface area contributed by atoms with Gasteiger partial charge in [0.2, 0.25) is 0 Å². The maximum absolute atomic E-state index is 12.3. The number of rotatable bonds is 4. The Balaban J connectivity index is 1.51. The molecule has 1 aliphatic carbocycles. The lowest BCUT2D eigenvalue weighted by atomic mass is 10.2. The Kier molecular flexibility index (Phi) is 3.49. The zero-order valence-electron chi connectivity index (χ0n) is 14.3. The quantitative estimate of drug-likeness (QED) is 0.550. The van der Waals surface area contributed by atoms with Crippen molar-refractivity contribution in [3.63, 3.8) is 0 Å². The molecule has 8 heteroatoms. The third kappa shape index (κ3) is 2.95. The lowest BCUT2D eigenvalue weighted by Gasteiger charge is -2.07. The minimum absolute atomic E-state index is 0.178. The van der Waals surface area contributed by atoms with E-state index < -0.39 is 0 Å². The van der Waals surface area contributed by atoms with Gasteiger partial charge in [-0.2, -0.15) is 4.98 Å². The molecule has 1 saturated carbocycles. The first-order valence-corrected chi connectivity index (χ1v) is 8.69. The van der Waals surface area contributed by atoms with E-state index >= 15 is 0 Å². The zero-order valence-corrected chi connectivity index (χ0v) is 14.3. The van der Waals surface area contributed by atoms with Gasteiger partial charge in [0, 0.05) is 30.4 Å². The molecule has 4 aromatic heterocycles. The van der Waals surface area contributed by atoms with Crippen molar-refractivity contribution in [2.45, 2.75) is 25.3 Å². The van der Waals surface area contributed by atoms with Crippen molar-refractivity contribution in [1.29, 1.82) is 0 Å². The summed E-state index contributed by atoms with van der Waals surface area (Å²) in [5.41, 5.74) is 1.32. The minimum atomic E-state index is -0.198. The van der Waals surface area contributed by atoms with Gasteiger partial charge in [-0.1, -0.05) is 11.2 Å². The molecule has 0 bridgehead atoms. The van der Waals surface area contributed by atoms with Gasteiger partial charge in [0.05, 0.1) is 17.8 Å². The summed E-state index contributed by atoms with van der Waals surface area (Å²) >= 11 is 0. The Morgan fingerprint density at radius 1 is 1.07 bits per heavy atom. The van der Waals surface area contributed by atoms with E-state index in [1.54, 1.807) is 30.6 Å². The van der Waals surface area contributed by atoms with Crippen LogP contribution in [0.5, 0.6) is 0 Å². The normalized spacial score (nSPS) is 13.9. The topological polar surface area (TPSA) is 95.3 Å². The van der Waals surface area contributed by atoms with Crippen LogP contribution in [0.4, 0.5) is 0 Å². The third-order valence-corrected chi connectivity index (χ3v) is 4.57. The molecule has 0 radical (unpaired) electrons. The lowest BCUT2D eigenvalue weighted by Crippen LogP contribution is -2.22. The molecule has 27 heavy (non-hydrogen) atoms. The molecule has 0 saturated heterocycles. The van der Waals surface area contributed by atoms with Crippen LogP contribution in [0, 0.1) is 0 Å². The number of hydrogen-bond donors (Lipinski definition) is 0. The van der Waals surface area contributed by atoms with Gasteiger partial charge in [-0.15, -0.1) is 0 Å². The van der Waals surface area contributed by atoms with Gasteiger partial charge in [0.15, 0.2) is 5.82 Å². The van der Waals surface area contributed by atoms with E-state index in [2.05, 4.69) is 15.1 Å². The fraction of sp³-hybridized carbons (Fsp3) is 0.211. The van der Waals surface area contributed by atoms with Gasteiger partial charge in [-0.25, -0.2) is 4.98 Å². The van der Waals surface area contributed by atoms with Gasteiger partial charge in [0.1, 0.15) is 5.65 Å². The van der Waals surface area contributed by atoms with Crippen LogP contribution in [0.15, 0.2) is 62.9 Å². The first-order valence-electron chi connectivity index (χ1n) is 8.69. The molecule has 0 amide bonds. The molecule has 0 N–H and O–H groups in total. The van der Waals surface area contributed by atoms with Crippen molar-refractivity contribution < 1.29 is 4.52 Å². The first kappa shape index (κ1) is 15.7. The smallest absolute Gasteiger partial charge is 0.259 e. The molecular formula is C19H15N5O3. The van der Waals surface area contributed by atoms with Gasteiger partial charge < -0.3 is 9.09 Å². The van der Waals surface area contributed by atoms with E-state index in [4.69, 9.17) is 4.52 Å². The summed E-state index contributed by atoms with van der Waals surface area (Å²) < 4.78 is 8.27. The Labute approximate surface area is 152 Å². The van der Waals surface area contributed by atoms with Crippen LogP contribution >= 0.6 is 0 Å². The van der Waals surface area contributed by atoms with Crippen LogP contribution in [0.3, 0.4) is 0 Å². The zero-order chi connectivity index (χ0) is 18.4. The molecule has 0 aliphatic heterocycles. The van der Waals surface area contributed by atoms with Crippen LogP contribution in [0.1, 0.15) is 30.3 Å². The van der Waals surface area contributed by atoms with Crippen LogP contribution in [-0.2, 0) is 6.54 Å². The Bertz CT molecular complexity index is 1270. The molecular weight excluding hydrogens is 346 g/mol. The number of hydrogen-bond acceptors (Lipinski definition) is 6. The summed E-state index contributed by atoms with van der Waals surface area (Å²) in [6, 6.07) is 9.87. The fourth-order valence-corrected chi connectivity index (χ4v) is 3.00. The van der Waals surface area contributed by atoms with Crippen molar-refractivity contribution in [2.75, 3.05) is 0 Å². The Hall–Kier alpha value is -3.55. The summed E-state index contributed by atoms with van der Waals surface area (Å²) in [4.78, 5) is 33.4. The minimum Gasteiger partial charge on any atom is -0.334 e. The van der Waals surface area contributed by atoms with E-state index in [-0.39, 0.29) is 17.7 Å². The van der Waals surface area contributed by atoms with Crippen molar-refractivity contribution in [1.82, 2.24) is 24.1 Å². The van der Waals surface area contributed by atoms with E-state index in [9.17, 15) is 9.59 Å². The van der Waals surface area contributed by atoms with Crippen LogP contribution in [-0.4, -0.2) is 24.1 Å². The molecule has 4 aromatic rings. The maximum Gasteiger partial charge on any atom is 0.259 e. The highest BCUT2D eigenvalue weighted by atomic mass is 16.5. The van der Waals surface area contributed by atoms with Gasteiger partial charge in [-0.3, -0.25) is 14.0 Å². The largest absolute Gasteiger partial charge is 0.334 e. The van der Waals surface area contributed by atoms with Crippen LogP contribution in [0.25, 0.3) is 17.1 Å². The average molecular weight is 361 g/mol. The number of nitrogens with zero attached hydrogens (tertiary/aromatic N) is 5. The molecule has 0 aromatic carbocycles. The predicted molar refractivity (Wildman–Crippen MR) is 96.5 cm³/mol. The Morgan fingerprint density at radius 3 is 2.81 bits per heavy atom. The molecule has 0 spiro atoms. The molecule has 4 heterocycles. The summed E-state index contributed by atoms with van der Waals surface area (Å²) in [5.74, 6) is 1.49. The molecule has 5 rings (SSSR count). The first-order chi connectivity index (χ1) is 13.2. The SMILES string of the molecule is O=c1ccc(-c2nc(C3CC3)no2)cn1Cc1cc(=O)n2ccccc2n1. The summed E-state index contributed by atoms with van der Waals surface area (Å²) in [6.45, 7) is 0.178. The number of aromatic nitrogens is 5. The van der Waals surface area contributed by atoms with Gasteiger partial charge >= 0.3 is 0 Å². The van der Waals surface area contributed by atoms with Crippen molar-refractivity contribution in [3.8, 4) is 11.5 Å². The van der Waals surface area contributed by atoms with Gasteiger partial charge in [-0.05, 0) is 31.0 Å². The number of pyridine rings is 2. The van der Waals surface area contributed by atoms with Crippen molar-refractivity contribution in [3.05, 3.63) is 81.0 Å². The summed E-state index contributed by atoms with van der Waals surface area (Å²) in [6.07, 6.45) is 5.48. The van der Waals surface area contributed by atoms with Gasteiger partial charge in [0.25, 0.3) is 17.0 Å². The standard InChI is InChI=1S/C19H15N5O3/c25-16-7-6-13(19-21-18(22-27-19)12-4-5-12)10-23(16)11-14-9-17(26)24-8-2-1-3-15(24)20-14/h1-3,6-10,12H,4-5,11H2. The van der Waals surface area contributed by atoms with E-state index in [1.807, 2.05) is 6.07 Å². The predicted octanol–water partition coefficient (Wildman–Crippen LogP) is 1.83. The van der Waals surface area contributed by atoms with E-state index in [0.717, 1.165) is 12.8 Å². The molecule has 134 valence electrons. The maximum atomic E-state index is 12.3. The van der Waals surface area contributed by atoms with E-state index in [0.29, 0.717) is 34.5 Å². The van der Waals surface area contributed by atoms with Crippen molar-refractivity contribution >= 4 is 5.65 Å². The van der Waals surface area contributed by atoms with E-state index in [1.165, 1.54) is 21.1 Å².